The van der Waals surface area contributed by atoms with Gasteiger partial charge in [0.25, 0.3) is 0 Å². The largest absolute Gasteiger partial charge is 0.372 e. The summed E-state index contributed by atoms with van der Waals surface area (Å²) >= 11 is 4.91. The number of hydrogen-bond donors (Lipinski definition) is 3. The number of aliphatic hydroxyl groups is 1. The molecule has 2 rings (SSSR count). The fraction of sp³-hybridized carbons (Fsp3) is 0.300. The van der Waals surface area contributed by atoms with Crippen LogP contribution in [0.4, 0.5) is 0 Å². The van der Waals surface area contributed by atoms with Crippen molar-refractivity contribution in [1.82, 2.24) is 10.6 Å². The third kappa shape index (κ3) is 2.02. The van der Waals surface area contributed by atoms with Gasteiger partial charge in [0.05, 0.1) is 6.04 Å². The van der Waals surface area contributed by atoms with Crippen molar-refractivity contribution in [3.8, 4) is 0 Å². The molecule has 4 heteroatoms. The van der Waals surface area contributed by atoms with Crippen LogP contribution in [-0.2, 0) is 6.42 Å². The molecule has 0 saturated carbocycles. The van der Waals surface area contributed by atoms with Crippen molar-refractivity contribution in [2.45, 2.75) is 18.7 Å². The molecule has 0 amide bonds. The summed E-state index contributed by atoms with van der Waals surface area (Å²) in [6, 6.07) is 10.0. The molecule has 0 aliphatic carbocycles. The molecule has 1 aliphatic rings. The lowest BCUT2D eigenvalue weighted by atomic mass is 10.1. The monoisotopic (exact) mass is 208 g/mol. The standard InChI is InChI=1S/C10H12N2OS/c13-9-8(11-10(14)12-9)6-7-4-2-1-3-5-7/h1-5,8-9,13H,6H2,(H2,11,12,14)/t8-,9?/m1/s1. The Kier molecular flexibility index (Phi) is 2.65. The van der Waals surface area contributed by atoms with Crippen molar-refractivity contribution in [3.05, 3.63) is 35.9 Å². The summed E-state index contributed by atoms with van der Waals surface area (Å²) in [5.41, 5.74) is 1.19. The van der Waals surface area contributed by atoms with E-state index in [0.717, 1.165) is 6.42 Å². The van der Waals surface area contributed by atoms with E-state index in [1.54, 1.807) is 0 Å². The summed E-state index contributed by atoms with van der Waals surface area (Å²) in [4.78, 5) is 0. The van der Waals surface area contributed by atoms with E-state index >= 15 is 0 Å². The highest BCUT2D eigenvalue weighted by molar-refractivity contribution is 7.80. The maximum absolute atomic E-state index is 9.56. The highest BCUT2D eigenvalue weighted by Crippen LogP contribution is 2.08. The molecule has 0 bridgehead atoms. The third-order valence-electron chi connectivity index (χ3n) is 2.28. The molecular weight excluding hydrogens is 196 g/mol. The first kappa shape index (κ1) is 9.43. The molecule has 0 radical (unpaired) electrons. The van der Waals surface area contributed by atoms with Gasteiger partial charge >= 0.3 is 0 Å². The zero-order chi connectivity index (χ0) is 9.97. The van der Waals surface area contributed by atoms with Crippen molar-refractivity contribution < 1.29 is 5.11 Å². The Hall–Kier alpha value is -1.13. The van der Waals surface area contributed by atoms with E-state index in [1.807, 2.05) is 30.3 Å². The van der Waals surface area contributed by atoms with Crippen LogP contribution in [0.1, 0.15) is 5.56 Å². The summed E-state index contributed by atoms with van der Waals surface area (Å²) in [7, 11) is 0. The number of rotatable bonds is 2. The molecule has 1 fully saturated rings. The van der Waals surface area contributed by atoms with Crippen LogP contribution in [0.25, 0.3) is 0 Å². The highest BCUT2D eigenvalue weighted by Gasteiger charge is 2.26. The van der Waals surface area contributed by atoms with Crippen molar-refractivity contribution in [2.24, 2.45) is 0 Å². The predicted octanol–water partition coefficient (Wildman–Crippen LogP) is 0.394. The summed E-state index contributed by atoms with van der Waals surface area (Å²) in [6.45, 7) is 0. The predicted molar refractivity (Wildman–Crippen MR) is 58.8 cm³/mol. The van der Waals surface area contributed by atoms with Crippen LogP contribution in [0.5, 0.6) is 0 Å². The molecule has 0 aromatic heterocycles. The Morgan fingerprint density at radius 3 is 2.50 bits per heavy atom. The minimum Gasteiger partial charge on any atom is -0.372 e. The molecule has 1 unspecified atom stereocenters. The topological polar surface area (TPSA) is 44.3 Å². The van der Waals surface area contributed by atoms with Gasteiger partial charge in [-0.2, -0.15) is 0 Å². The number of hydrogen-bond acceptors (Lipinski definition) is 2. The molecule has 14 heavy (non-hydrogen) atoms. The van der Waals surface area contributed by atoms with Crippen molar-refractivity contribution in [2.75, 3.05) is 0 Å². The van der Waals surface area contributed by atoms with Crippen LogP contribution < -0.4 is 10.6 Å². The molecule has 1 saturated heterocycles. The third-order valence-corrected chi connectivity index (χ3v) is 2.51. The van der Waals surface area contributed by atoms with E-state index in [0.29, 0.717) is 5.11 Å². The van der Waals surface area contributed by atoms with Crippen molar-refractivity contribution >= 4 is 17.3 Å². The van der Waals surface area contributed by atoms with Crippen LogP contribution in [-0.4, -0.2) is 22.5 Å². The van der Waals surface area contributed by atoms with Gasteiger partial charge in [0.2, 0.25) is 0 Å². The highest BCUT2D eigenvalue weighted by atomic mass is 32.1. The maximum atomic E-state index is 9.56. The zero-order valence-electron chi connectivity index (χ0n) is 7.60. The normalized spacial score (nSPS) is 25.6. The van der Waals surface area contributed by atoms with Gasteiger partial charge in [-0.1, -0.05) is 30.3 Å². The lowest BCUT2D eigenvalue weighted by Gasteiger charge is -2.13. The number of thiocarbonyl (C=S) groups is 1. The minimum atomic E-state index is -0.581. The van der Waals surface area contributed by atoms with Gasteiger partial charge in [-0.15, -0.1) is 0 Å². The average molecular weight is 208 g/mol. The molecule has 3 nitrogen and oxygen atoms in total. The van der Waals surface area contributed by atoms with E-state index in [-0.39, 0.29) is 6.04 Å². The van der Waals surface area contributed by atoms with E-state index in [2.05, 4.69) is 10.6 Å². The van der Waals surface area contributed by atoms with Gasteiger partial charge in [-0.05, 0) is 24.2 Å². The van der Waals surface area contributed by atoms with Crippen LogP contribution in [0.3, 0.4) is 0 Å². The second-order valence-electron chi connectivity index (χ2n) is 3.36. The Morgan fingerprint density at radius 2 is 1.93 bits per heavy atom. The number of benzene rings is 1. The van der Waals surface area contributed by atoms with Gasteiger partial charge in [-0.25, -0.2) is 0 Å². The summed E-state index contributed by atoms with van der Waals surface area (Å²) in [6.07, 6.45) is 0.192. The summed E-state index contributed by atoms with van der Waals surface area (Å²) in [5, 5.41) is 15.9. The van der Waals surface area contributed by atoms with E-state index < -0.39 is 6.23 Å². The molecule has 0 spiro atoms. The lowest BCUT2D eigenvalue weighted by Crippen LogP contribution is -2.34. The van der Waals surface area contributed by atoms with E-state index in [4.69, 9.17) is 12.2 Å². The summed E-state index contributed by atoms with van der Waals surface area (Å²) in [5.74, 6) is 0. The van der Waals surface area contributed by atoms with Crippen molar-refractivity contribution in [1.29, 1.82) is 0 Å². The van der Waals surface area contributed by atoms with E-state index in [1.165, 1.54) is 5.56 Å². The minimum absolute atomic E-state index is 0.0232. The van der Waals surface area contributed by atoms with Gasteiger partial charge in [0.15, 0.2) is 5.11 Å². The van der Waals surface area contributed by atoms with Gasteiger partial charge in [0.1, 0.15) is 6.23 Å². The lowest BCUT2D eigenvalue weighted by molar-refractivity contribution is 0.141. The SMILES string of the molecule is OC1NC(=S)N[C@@H]1Cc1ccccc1. The summed E-state index contributed by atoms with van der Waals surface area (Å²) < 4.78 is 0. The van der Waals surface area contributed by atoms with Crippen molar-refractivity contribution in [3.63, 3.8) is 0 Å². The molecular formula is C10H12N2OS. The zero-order valence-corrected chi connectivity index (χ0v) is 8.42. The first-order valence-corrected chi connectivity index (χ1v) is 4.95. The molecule has 1 aliphatic heterocycles. The van der Waals surface area contributed by atoms with Gasteiger partial charge in [0, 0.05) is 0 Å². The Balaban J connectivity index is 2.02. The molecule has 1 heterocycles. The van der Waals surface area contributed by atoms with Crippen LogP contribution in [0.2, 0.25) is 0 Å². The molecule has 3 N–H and O–H groups in total. The second-order valence-corrected chi connectivity index (χ2v) is 3.77. The molecule has 2 atom stereocenters. The molecule has 74 valence electrons. The fourth-order valence-electron chi connectivity index (χ4n) is 1.55. The van der Waals surface area contributed by atoms with Gasteiger partial charge in [-0.3, -0.25) is 0 Å². The van der Waals surface area contributed by atoms with Crippen LogP contribution in [0, 0.1) is 0 Å². The maximum Gasteiger partial charge on any atom is 0.168 e. The van der Waals surface area contributed by atoms with E-state index in [9.17, 15) is 5.11 Å². The first-order valence-electron chi connectivity index (χ1n) is 4.55. The fourth-order valence-corrected chi connectivity index (χ4v) is 1.83. The van der Waals surface area contributed by atoms with Crippen LogP contribution in [0.15, 0.2) is 30.3 Å². The average Bonchev–Trinajstić information content (AvgIpc) is 2.47. The Morgan fingerprint density at radius 1 is 1.21 bits per heavy atom. The number of nitrogens with one attached hydrogen (secondary N) is 2. The van der Waals surface area contributed by atoms with Gasteiger partial charge < -0.3 is 15.7 Å². The van der Waals surface area contributed by atoms with Crippen LogP contribution >= 0.6 is 12.2 Å². The molecule has 1 aromatic carbocycles. The molecule has 1 aromatic rings. The smallest absolute Gasteiger partial charge is 0.168 e. The Bertz CT molecular complexity index is 328. The first-order chi connectivity index (χ1) is 6.75. The number of aliphatic hydroxyl groups excluding tert-OH is 1. The second kappa shape index (κ2) is 3.94. The quantitative estimate of drug-likeness (QED) is 0.615. The Labute approximate surface area is 88.1 Å².